The number of hydrogen-bond acceptors (Lipinski definition) is 5. The third kappa shape index (κ3) is 4.07. The summed E-state index contributed by atoms with van der Waals surface area (Å²) in [4.78, 5) is 4.72. The highest BCUT2D eigenvalue weighted by Crippen LogP contribution is 2.17. The molecule has 0 saturated carbocycles. The molecule has 0 spiro atoms. The van der Waals surface area contributed by atoms with Gasteiger partial charge in [-0.2, -0.15) is 4.31 Å². The number of benzene rings is 1. The van der Waals surface area contributed by atoms with Crippen molar-refractivity contribution in [1.29, 1.82) is 0 Å². The molecule has 0 aliphatic rings. The fourth-order valence-electron chi connectivity index (χ4n) is 1.79. The molecule has 0 amide bonds. The topological polar surface area (TPSA) is 76.3 Å². The van der Waals surface area contributed by atoms with Gasteiger partial charge in [0.1, 0.15) is 0 Å². The van der Waals surface area contributed by atoms with Crippen molar-refractivity contribution in [2.45, 2.75) is 17.9 Å². The number of thiocarbonyl (C=S) groups is 1. The molecular weight excluding hydrogens is 326 g/mol. The minimum Gasteiger partial charge on any atom is -0.393 e. The maximum absolute atomic E-state index is 12.4. The summed E-state index contributed by atoms with van der Waals surface area (Å²) in [5, 5.41) is 1.83. The van der Waals surface area contributed by atoms with Crippen molar-refractivity contribution < 1.29 is 8.42 Å². The lowest BCUT2D eigenvalue weighted by atomic mass is 10.1. The molecule has 1 aromatic carbocycles. The molecule has 8 heteroatoms. The lowest BCUT2D eigenvalue weighted by molar-refractivity contribution is 0.463. The zero-order valence-corrected chi connectivity index (χ0v) is 13.8. The summed E-state index contributed by atoms with van der Waals surface area (Å²) in [6.45, 7) is 0.250. The van der Waals surface area contributed by atoms with Crippen molar-refractivity contribution in [2.75, 3.05) is 7.05 Å². The summed E-state index contributed by atoms with van der Waals surface area (Å²) < 4.78 is 26.2. The average Bonchev–Trinajstić information content (AvgIpc) is 2.91. The second kappa shape index (κ2) is 6.61. The second-order valence-corrected chi connectivity index (χ2v) is 7.82. The molecule has 0 bridgehead atoms. The van der Waals surface area contributed by atoms with Gasteiger partial charge in [-0.1, -0.05) is 24.4 Å². The minimum atomic E-state index is -3.53. The van der Waals surface area contributed by atoms with Gasteiger partial charge < -0.3 is 5.73 Å². The highest BCUT2D eigenvalue weighted by atomic mass is 32.2. The van der Waals surface area contributed by atoms with E-state index in [9.17, 15) is 8.42 Å². The summed E-state index contributed by atoms with van der Waals surface area (Å²) in [6.07, 6.45) is 0.463. The summed E-state index contributed by atoms with van der Waals surface area (Å²) in [5.41, 5.74) is 8.78. The maximum Gasteiger partial charge on any atom is 0.243 e. The molecule has 2 rings (SSSR count). The highest BCUT2D eigenvalue weighted by Gasteiger charge is 2.21. The van der Waals surface area contributed by atoms with Crippen molar-refractivity contribution in [1.82, 2.24) is 9.29 Å². The van der Waals surface area contributed by atoms with Crippen LogP contribution in [0.1, 0.15) is 11.3 Å². The fraction of sp³-hybridized carbons (Fsp3) is 0.231. The van der Waals surface area contributed by atoms with E-state index in [4.69, 9.17) is 18.0 Å². The van der Waals surface area contributed by atoms with Crippen molar-refractivity contribution in [2.24, 2.45) is 5.73 Å². The molecule has 2 N–H and O–H groups in total. The van der Waals surface area contributed by atoms with Gasteiger partial charge in [0, 0.05) is 18.8 Å². The predicted octanol–water partition coefficient (Wildman–Crippen LogP) is 1.79. The van der Waals surface area contributed by atoms with Crippen LogP contribution in [0.5, 0.6) is 0 Å². The quantitative estimate of drug-likeness (QED) is 0.811. The Kier molecular flexibility index (Phi) is 5.04. The molecular formula is C13H15N3O2S3. The van der Waals surface area contributed by atoms with E-state index in [1.165, 1.54) is 22.7 Å². The maximum atomic E-state index is 12.4. The van der Waals surface area contributed by atoms with E-state index in [2.05, 4.69) is 4.98 Å². The van der Waals surface area contributed by atoms with Crippen LogP contribution in [0.25, 0.3) is 0 Å². The molecule has 0 aliphatic carbocycles. The van der Waals surface area contributed by atoms with Gasteiger partial charge in [-0.3, -0.25) is 0 Å². The van der Waals surface area contributed by atoms with Crippen LogP contribution in [0.4, 0.5) is 0 Å². The molecule has 2 aromatic rings. The lowest BCUT2D eigenvalue weighted by Crippen LogP contribution is -2.26. The van der Waals surface area contributed by atoms with Crippen LogP contribution < -0.4 is 5.73 Å². The van der Waals surface area contributed by atoms with E-state index >= 15 is 0 Å². The number of rotatable bonds is 6. The first kappa shape index (κ1) is 16.0. The van der Waals surface area contributed by atoms with Crippen molar-refractivity contribution >= 4 is 38.6 Å². The molecule has 0 atom stereocenters. The number of sulfonamides is 1. The van der Waals surface area contributed by atoms with E-state index in [1.54, 1.807) is 29.8 Å². The van der Waals surface area contributed by atoms with Crippen molar-refractivity contribution in [3.63, 3.8) is 0 Å². The van der Waals surface area contributed by atoms with Gasteiger partial charge in [-0.05, 0) is 17.7 Å². The minimum absolute atomic E-state index is 0.243. The Morgan fingerprint density at radius 1 is 1.38 bits per heavy atom. The van der Waals surface area contributed by atoms with Crippen LogP contribution in [-0.4, -0.2) is 29.7 Å². The van der Waals surface area contributed by atoms with E-state index in [0.29, 0.717) is 11.4 Å². The van der Waals surface area contributed by atoms with Crippen LogP contribution in [0.3, 0.4) is 0 Å². The van der Waals surface area contributed by atoms with Crippen molar-refractivity contribution in [3.05, 3.63) is 46.4 Å². The van der Waals surface area contributed by atoms with Crippen LogP contribution in [0.2, 0.25) is 0 Å². The molecule has 5 nitrogen and oxygen atoms in total. The van der Waals surface area contributed by atoms with Gasteiger partial charge in [0.25, 0.3) is 0 Å². The first-order valence-electron chi connectivity index (χ1n) is 6.10. The molecule has 0 radical (unpaired) electrons. The van der Waals surface area contributed by atoms with Gasteiger partial charge >= 0.3 is 0 Å². The molecule has 21 heavy (non-hydrogen) atoms. The Balaban J connectivity index is 2.16. The normalized spacial score (nSPS) is 11.7. The van der Waals surface area contributed by atoms with E-state index < -0.39 is 10.0 Å². The van der Waals surface area contributed by atoms with Gasteiger partial charge in [-0.15, -0.1) is 11.3 Å². The smallest absolute Gasteiger partial charge is 0.243 e. The van der Waals surface area contributed by atoms with Gasteiger partial charge in [0.15, 0.2) is 0 Å². The standard InChI is InChI=1S/C13H15N3O2S3/c1-16(7-11-8-20-9-15-11)21(17,18)12-4-2-10(3-5-12)6-13(14)19/h2-5,8-9H,6-7H2,1H3,(H2,14,19). The Labute approximate surface area is 133 Å². The number of aromatic nitrogens is 1. The van der Waals surface area contributed by atoms with Gasteiger partial charge in [-0.25, -0.2) is 13.4 Å². The molecule has 0 saturated heterocycles. The van der Waals surface area contributed by atoms with Crippen LogP contribution in [-0.2, 0) is 23.0 Å². The first-order chi connectivity index (χ1) is 9.89. The SMILES string of the molecule is CN(Cc1cscn1)S(=O)(=O)c1ccc(CC(N)=S)cc1. The molecule has 0 aliphatic heterocycles. The van der Waals surface area contributed by atoms with E-state index in [1.807, 2.05) is 5.38 Å². The summed E-state index contributed by atoms with van der Waals surface area (Å²) in [6, 6.07) is 6.59. The number of hydrogen-bond donors (Lipinski definition) is 1. The van der Waals surface area contributed by atoms with E-state index in [0.717, 1.165) is 11.3 Å². The van der Waals surface area contributed by atoms with Crippen LogP contribution in [0, 0.1) is 0 Å². The summed E-state index contributed by atoms with van der Waals surface area (Å²) in [5.74, 6) is 0. The van der Waals surface area contributed by atoms with Crippen LogP contribution >= 0.6 is 23.6 Å². The summed E-state index contributed by atoms with van der Waals surface area (Å²) in [7, 11) is -1.99. The third-order valence-corrected chi connectivity index (χ3v) is 5.48. The molecule has 1 heterocycles. The number of thiazole rings is 1. The molecule has 0 unspecified atom stereocenters. The first-order valence-corrected chi connectivity index (χ1v) is 8.89. The number of nitrogens with two attached hydrogens (primary N) is 1. The largest absolute Gasteiger partial charge is 0.393 e. The monoisotopic (exact) mass is 341 g/mol. The fourth-order valence-corrected chi connectivity index (χ4v) is 3.65. The average molecular weight is 341 g/mol. The molecule has 112 valence electrons. The highest BCUT2D eigenvalue weighted by molar-refractivity contribution is 7.89. The molecule has 0 fully saturated rings. The second-order valence-electron chi connectivity index (χ2n) is 4.53. The molecule has 1 aromatic heterocycles. The van der Waals surface area contributed by atoms with Gasteiger partial charge in [0.05, 0.1) is 27.6 Å². The third-order valence-electron chi connectivity index (χ3n) is 2.88. The zero-order valence-electron chi connectivity index (χ0n) is 11.4. The van der Waals surface area contributed by atoms with Crippen LogP contribution in [0.15, 0.2) is 40.1 Å². The van der Waals surface area contributed by atoms with E-state index in [-0.39, 0.29) is 11.4 Å². The van der Waals surface area contributed by atoms with Crippen molar-refractivity contribution in [3.8, 4) is 0 Å². The Hall–Kier alpha value is -1.35. The Morgan fingerprint density at radius 3 is 2.57 bits per heavy atom. The number of nitrogens with zero attached hydrogens (tertiary/aromatic N) is 2. The Bertz CT molecular complexity index is 710. The summed E-state index contributed by atoms with van der Waals surface area (Å²) >= 11 is 6.27. The zero-order chi connectivity index (χ0) is 15.5. The predicted molar refractivity (Wildman–Crippen MR) is 87.7 cm³/mol. The lowest BCUT2D eigenvalue weighted by Gasteiger charge is -2.16. The Morgan fingerprint density at radius 2 is 2.05 bits per heavy atom. The van der Waals surface area contributed by atoms with Gasteiger partial charge in [0.2, 0.25) is 10.0 Å².